The topological polar surface area (TPSA) is 61.4 Å². The van der Waals surface area contributed by atoms with E-state index in [1.807, 2.05) is 41.6 Å². The Kier molecular flexibility index (Phi) is 4.84. The molecule has 0 bridgehead atoms. The summed E-state index contributed by atoms with van der Waals surface area (Å²) in [6.45, 7) is 5.99. The van der Waals surface area contributed by atoms with Crippen molar-refractivity contribution in [1.82, 2.24) is 20.2 Å². The number of anilines is 1. The summed E-state index contributed by atoms with van der Waals surface area (Å²) in [5.41, 5.74) is 7.27. The maximum Gasteiger partial charge on any atom is 0.239 e. The molecule has 6 heteroatoms. The first-order valence-corrected chi connectivity index (χ1v) is 11.3. The average molecular weight is 446 g/mol. The van der Waals surface area contributed by atoms with E-state index in [1.165, 1.54) is 0 Å². The second kappa shape index (κ2) is 8.15. The van der Waals surface area contributed by atoms with E-state index in [-0.39, 0.29) is 5.91 Å². The third-order valence-electron chi connectivity index (χ3n) is 6.27. The van der Waals surface area contributed by atoms with Crippen LogP contribution in [0.4, 0.5) is 5.82 Å². The van der Waals surface area contributed by atoms with Crippen LogP contribution in [-0.2, 0) is 4.79 Å². The number of hydrogen-bond donors (Lipinski definition) is 1. The van der Waals surface area contributed by atoms with E-state index in [4.69, 9.17) is 0 Å². The Balaban J connectivity index is 1.30. The number of nitrogens with zero attached hydrogens (tertiary/aromatic N) is 4. The molecule has 1 aromatic carbocycles. The largest absolute Gasteiger partial charge is 0.353 e. The van der Waals surface area contributed by atoms with Crippen molar-refractivity contribution in [3.8, 4) is 0 Å². The van der Waals surface area contributed by atoms with E-state index in [9.17, 15) is 4.79 Å². The molecule has 1 saturated heterocycles. The molecule has 0 atom stereocenters. The number of carbonyl (C=O) groups is 1. The van der Waals surface area contributed by atoms with Gasteiger partial charge >= 0.3 is 0 Å². The van der Waals surface area contributed by atoms with Crippen molar-refractivity contribution in [3.05, 3.63) is 114 Å². The van der Waals surface area contributed by atoms with Gasteiger partial charge in [-0.3, -0.25) is 9.78 Å². The van der Waals surface area contributed by atoms with E-state index in [2.05, 4.69) is 75.5 Å². The van der Waals surface area contributed by atoms with Crippen LogP contribution in [0.1, 0.15) is 11.1 Å². The second-order valence-electron chi connectivity index (χ2n) is 8.51. The van der Waals surface area contributed by atoms with Crippen LogP contribution in [-0.4, -0.2) is 40.4 Å². The van der Waals surface area contributed by atoms with Gasteiger partial charge < -0.3 is 15.1 Å². The highest BCUT2D eigenvalue weighted by Crippen LogP contribution is 2.37. The Labute approximate surface area is 197 Å². The first-order valence-electron chi connectivity index (χ1n) is 11.3. The van der Waals surface area contributed by atoms with Crippen LogP contribution in [0.25, 0.3) is 22.2 Å². The van der Waals surface area contributed by atoms with Crippen LogP contribution in [0.15, 0.2) is 103 Å². The lowest BCUT2D eigenvalue weighted by Crippen LogP contribution is -2.48. The van der Waals surface area contributed by atoms with E-state index < -0.39 is 0 Å². The molecular formula is C28H23N5O. The molecule has 5 heterocycles. The summed E-state index contributed by atoms with van der Waals surface area (Å²) in [6.07, 6.45) is 14.3. The predicted molar refractivity (Wildman–Crippen MR) is 135 cm³/mol. The minimum absolute atomic E-state index is 0.0328. The molecular weight excluding hydrogens is 422 g/mol. The van der Waals surface area contributed by atoms with E-state index in [0.717, 1.165) is 56.9 Å². The van der Waals surface area contributed by atoms with Gasteiger partial charge in [-0.25, -0.2) is 4.98 Å². The number of benzene rings is 1. The molecule has 0 spiro atoms. The molecule has 1 amide bonds. The van der Waals surface area contributed by atoms with Crippen LogP contribution in [0.3, 0.4) is 0 Å². The van der Waals surface area contributed by atoms with Gasteiger partial charge in [-0.1, -0.05) is 24.8 Å². The number of para-hydroxylation sites is 1. The number of fused-ring (bicyclic) bond motifs is 2. The lowest BCUT2D eigenvalue weighted by molar-refractivity contribution is -0.120. The average Bonchev–Trinajstić information content (AvgIpc) is 2.87. The molecule has 1 fully saturated rings. The fourth-order valence-electron chi connectivity index (χ4n) is 4.61. The zero-order valence-corrected chi connectivity index (χ0v) is 18.6. The van der Waals surface area contributed by atoms with Crippen LogP contribution in [0, 0.1) is 0 Å². The quantitative estimate of drug-likeness (QED) is 0.652. The summed E-state index contributed by atoms with van der Waals surface area (Å²) in [7, 11) is 0. The van der Waals surface area contributed by atoms with Gasteiger partial charge in [0.15, 0.2) is 0 Å². The van der Waals surface area contributed by atoms with Crippen molar-refractivity contribution in [1.29, 1.82) is 0 Å². The molecule has 0 aliphatic carbocycles. The molecule has 0 unspecified atom stereocenters. The fourth-order valence-corrected chi connectivity index (χ4v) is 4.61. The molecule has 0 radical (unpaired) electrons. The molecule has 1 N–H and O–H groups in total. The van der Waals surface area contributed by atoms with Gasteiger partial charge in [-0.15, -0.1) is 0 Å². The summed E-state index contributed by atoms with van der Waals surface area (Å²) in [5, 5.41) is 3.96. The third kappa shape index (κ3) is 3.59. The van der Waals surface area contributed by atoms with E-state index in [1.54, 1.807) is 0 Å². The minimum atomic E-state index is 0.0328. The van der Waals surface area contributed by atoms with Gasteiger partial charge in [0, 0.05) is 53.9 Å². The van der Waals surface area contributed by atoms with Crippen LogP contribution in [0.2, 0.25) is 0 Å². The third-order valence-corrected chi connectivity index (χ3v) is 6.27. The highest BCUT2D eigenvalue weighted by Gasteiger charge is 2.22. The van der Waals surface area contributed by atoms with Crippen LogP contribution >= 0.6 is 0 Å². The standard InChI is InChI=1S/C28H23N5O/c1-19-14-22-16-20(21-6-7-27(31-17-21)32-13-11-30-28(34)18-32)9-12-33(22)26(15-19)24-8-10-29-25-5-3-2-4-23(24)25/h2-10,12,14-17H,1,11,13,18H2,(H,30,34). The number of hydrogen-bond acceptors (Lipinski definition) is 5. The molecule has 3 aliphatic rings. The van der Waals surface area contributed by atoms with Crippen LogP contribution < -0.4 is 10.2 Å². The van der Waals surface area contributed by atoms with Gasteiger partial charge in [0.05, 0.1) is 17.8 Å². The summed E-state index contributed by atoms with van der Waals surface area (Å²) in [5.74, 6) is 0.853. The summed E-state index contributed by atoms with van der Waals surface area (Å²) < 4.78 is 0. The van der Waals surface area contributed by atoms with Crippen molar-refractivity contribution in [2.45, 2.75) is 0 Å². The monoisotopic (exact) mass is 445 g/mol. The van der Waals surface area contributed by atoms with Crippen molar-refractivity contribution < 1.29 is 4.79 Å². The maximum absolute atomic E-state index is 11.7. The first-order chi connectivity index (χ1) is 16.7. The molecule has 2 aromatic heterocycles. The first kappa shape index (κ1) is 20.2. The Morgan fingerprint density at radius 2 is 1.91 bits per heavy atom. The smallest absolute Gasteiger partial charge is 0.239 e. The molecule has 6 rings (SSSR count). The molecule has 34 heavy (non-hydrogen) atoms. The van der Waals surface area contributed by atoms with Crippen molar-refractivity contribution in [2.24, 2.45) is 0 Å². The van der Waals surface area contributed by atoms with Crippen molar-refractivity contribution in [3.63, 3.8) is 0 Å². The highest BCUT2D eigenvalue weighted by atomic mass is 16.2. The zero-order valence-electron chi connectivity index (χ0n) is 18.6. The Morgan fingerprint density at radius 1 is 1.00 bits per heavy atom. The number of nitrogens with one attached hydrogen (secondary N) is 1. The Morgan fingerprint density at radius 3 is 2.76 bits per heavy atom. The highest BCUT2D eigenvalue weighted by molar-refractivity contribution is 5.93. The number of pyridine rings is 2. The number of carbonyl (C=O) groups excluding carboxylic acids is 1. The van der Waals surface area contributed by atoms with Gasteiger partial charge in [-0.2, -0.15) is 0 Å². The predicted octanol–water partition coefficient (Wildman–Crippen LogP) is 4.27. The normalized spacial score (nSPS) is 17.7. The zero-order chi connectivity index (χ0) is 23.1. The maximum atomic E-state index is 11.7. The Hall–Kier alpha value is -4.45. The second-order valence-corrected chi connectivity index (χ2v) is 8.51. The van der Waals surface area contributed by atoms with Gasteiger partial charge in [0.2, 0.25) is 5.91 Å². The minimum Gasteiger partial charge on any atom is -0.353 e. The number of amides is 1. The van der Waals surface area contributed by atoms with E-state index >= 15 is 0 Å². The van der Waals surface area contributed by atoms with E-state index in [0.29, 0.717) is 13.1 Å². The number of rotatable bonds is 3. The van der Waals surface area contributed by atoms with Gasteiger partial charge in [-0.05, 0) is 59.7 Å². The Bertz CT molecular complexity index is 1440. The molecule has 3 aliphatic heterocycles. The molecule has 0 saturated carbocycles. The number of piperazine rings is 1. The summed E-state index contributed by atoms with van der Waals surface area (Å²) in [4.78, 5) is 25.0. The van der Waals surface area contributed by atoms with Crippen molar-refractivity contribution >= 4 is 33.9 Å². The lowest BCUT2D eigenvalue weighted by Gasteiger charge is -2.32. The van der Waals surface area contributed by atoms with Gasteiger partial charge in [0.1, 0.15) is 5.82 Å². The lowest BCUT2D eigenvalue weighted by atomic mass is 9.96. The number of allylic oxidation sites excluding steroid dienone is 6. The molecule has 6 nitrogen and oxygen atoms in total. The molecule has 3 aromatic rings. The van der Waals surface area contributed by atoms with Gasteiger partial charge in [0.25, 0.3) is 0 Å². The fraction of sp³-hybridized carbons (Fsp3) is 0.107. The summed E-state index contributed by atoms with van der Waals surface area (Å²) in [6, 6.07) is 14.3. The molecule has 166 valence electrons. The van der Waals surface area contributed by atoms with Crippen molar-refractivity contribution in [2.75, 3.05) is 24.5 Å². The van der Waals surface area contributed by atoms with Crippen LogP contribution in [0.5, 0.6) is 0 Å². The summed E-state index contributed by atoms with van der Waals surface area (Å²) >= 11 is 0. The number of aromatic nitrogens is 2. The SMILES string of the molecule is C=C1C=C2C=C(c3ccc(N4CCNC(=O)C4)nc3)C=CN2C(c2ccnc3ccccc23)=C1.